The molecule has 7 nitrogen and oxygen atoms in total. The van der Waals surface area contributed by atoms with Gasteiger partial charge in [-0.3, -0.25) is 9.69 Å². The summed E-state index contributed by atoms with van der Waals surface area (Å²) in [5.74, 6) is 0.837. The number of rotatable bonds is 6. The molecule has 1 aliphatic carbocycles. The number of carbonyl (C=O) groups excluding carboxylic acids is 1. The molecule has 1 saturated heterocycles. The number of sulfone groups is 1. The second-order valence-electron chi connectivity index (χ2n) is 7.58. The van der Waals surface area contributed by atoms with Crippen molar-refractivity contribution in [2.45, 2.75) is 64.5 Å². The highest BCUT2D eigenvalue weighted by Gasteiger charge is 2.31. The predicted molar refractivity (Wildman–Crippen MR) is 102 cm³/mol. The zero-order chi connectivity index (χ0) is 18.7. The van der Waals surface area contributed by atoms with E-state index in [-0.39, 0.29) is 23.5 Å². The maximum atomic E-state index is 12.6. The largest absolute Gasteiger partial charge is 0.310 e. The van der Waals surface area contributed by atoms with Crippen molar-refractivity contribution < 1.29 is 13.2 Å². The Morgan fingerprint density at radius 2 is 2.04 bits per heavy atom. The van der Waals surface area contributed by atoms with Crippen LogP contribution in [0.5, 0.6) is 0 Å². The topological polar surface area (TPSA) is 84.3 Å². The highest BCUT2D eigenvalue weighted by Crippen LogP contribution is 2.27. The summed E-state index contributed by atoms with van der Waals surface area (Å²) in [5, 5.41) is 7.39. The van der Waals surface area contributed by atoms with Crippen molar-refractivity contribution >= 4 is 21.6 Å². The van der Waals surface area contributed by atoms with Crippen LogP contribution in [-0.4, -0.2) is 59.6 Å². The van der Waals surface area contributed by atoms with E-state index >= 15 is 0 Å². The Labute approximate surface area is 156 Å². The van der Waals surface area contributed by atoms with Gasteiger partial charge in [0.1, 0.15) is 5.82 Å². The molecular weight excluding hydrogens is 352 g/mol. The number of likely N-dealkylation sites (N-methyl/N-ethyl adjacent to an activating group) is 1. The summed E-state index contributed by atoms with van der Waals surface area (Å²) in [4.78, 5) is 14.9. The number of aromatic nitrogens is 2. The van der Waals surface area contributed by atoms with Gasteiger partial charge in [0, 0.05) is 12.1 Å². The van der Waals surface area contributed by atoms with E-state index in [1.165, 1.54) is 19.3 Å². The number of amides is 1. The molecule has 1 N–H and O–H groups in total. The van der Waals surface area contributed by atoms with E-state index in [1.807, 2.05) is 13.0 Å². The monoisotopic (exact) mass is 382 g/mol. The molecular formula is C18H30N4O3S. The third-order valence-corrected chi connectivity index (χ3v) is 7.27. The third-order valence-electron chi connectivity index (χ3n) is 5.52. The van der Waals surface area contributed by atoms with Crippen LogP contribution in [0.15, 0.2) is 6.07 Å². The highest BCUT2D eigenvalue weighted by molar-refractivity contribution is 7.91. The molecule has 26 heavy (non-hydrogen) atoms. The van der Waals surface area contributed by atoms with Crippen molar-refractivity contribution in [1.29, 1.82) is 0 Å². The van der Waals surface area contributed by atoms with Crippen LogP contribution in [0.1, 0.15) is 57.2 Å². The van der Waals surface area contributed by atoms with Crippen LogP contribution in [0.2, 0.25) is 0 Å². The van der Waals surface area contributed by atoms with Crippen molar-refractivity contribution in [2.75, 3.05) is 29.9 Å². The van der Waals surface area contributed by atoms with Crippen molar-refractivity contribution in [3.05, 3.63) is 11.8 Å². The van der Waals surface area contributed by atoms with Gasteiger partial charge in [-0.15, -0.1) is 0 Å². The second-order valence-corrected chi connectivity index (χ2v) is 9.80. The molecule has 1 atom stereocenters. The molecule has 0 radical (unpaired) electrons. The SMILES string of the molecule is CCN(CC(=O)Nc1cc(C)nn1C1CCS(=O)(=O)C1)C1CCCCC1. The van der Waals surface area contributed by atoms with Gasteiger partial charge in [0.2, 0.25) is 5.91 Å². The zero-order valence-corrected chi connectivity index (χ0v) is 16.6. The number of nitrogens with one attached hydrogen (secondary N) is 1. The molecule has 3 rings (SSSR count). The minimum atomic E-state index is -3.00. The summed E-state index contributed by atoms with van der Waals surface area (Å²) in [6.45, 7) is 5.18. The van der Waals surface area contributed by atoms with Crippen molar-refractivity contribution in [2.24, 2.45) is 0 Å². The average Bonchev–Trinajstić information content (AvgIpc) is 3.15. The summed E-state index contributed by atoms with van der Waals surface area (Å²) in [5.41, 5.74) is 0.782. The Morgan fingerprint density at radius 3 is 2.65 bits per heavy atom. The summed E-state index contributed by atoms with van der Waals surface area (Å²) >= 11 is 0. The minimum absolute atomic E-state index is 0.0561. The summed E-state index contributed by atoms with van der Waals surface area (Å²) in [7, 11) is -3.00. The van der Waals surface area contributed by atoms with Crippen LogP contribution in [-0.2, 0) is 14.6 Å². The number of aryl methyl sites for hydroxylation is 1. The molecule has 0 bridgehead atoms. The molecule has 1 aromatic rings. The fraction of sp³-hybridized carbons (Fsp3) is 0.778. The predicted octanol–water partition coefficient (Wildman–Crippen LogP) is 2.14. The van der Waals surface area contributed by atoms with Crippen LogP contribution in [0.4, 0.5) is 5.82 Å². The number of hydrogen-bond donors (Lipinski definition) is 1. The van der Waals surface area contributed by atoms with E-state index in [9.17, 15) is 13.2 Å². The minimum Gasteiger partial charge on any atom is -0.310 e. The molecule has 1 amide bonds. The molecule has 1 unspecified atom stereocenters. The van der Waals surface area contributed by atoms with Crippen molar-refractivity contribution in [1.82, 2.24) is 14.7 Å². The Bertz CT molecular complexity index is 738. The Hall–Kier alpha value is -1.41. The first-order valence-corrected chi connectivity index (χ1v) is 11.5. The van der Waals surface area contributed by atoms with Gasteiger partial charge in [-0.25, -0.2) is 13.1 Å². The summed E-state index contributed by atoms with van der Waals surface area (Å²) in [6, 6.07) is 2.12. The van der Waals surface area contributed by atoms with Crippen LogP contribution in [0, 0.1) is 6.92 Å². The first kappa shape index (κ1) is 19.4. The van der Waals surface area contributed by atoms with Crippen LogP contribution in [0.25, 0.3) is 0 Å². The molecule has 2 fully saturated rings. The molecule has 1 aromatic heterocycles. The molecule has 0 aromatic carbocycles. The summed E-state index contributed by atoms with van der Waals surface area (Å²) < 4.78 is 25.2. The van der Waals surface area contributed by atoms with Crippen LogP contribution >= 0.6 is 0 Å². The normalized spacial score (nSPS) is 23.4. The number of nitrogens with zero attached hydrogens (tertiary/aromatic N) is 3. The van der Waals surface area contributed by atoms with Crippen molar-refractivity contribution in [3.63, 3.8) is 0 Å². The molecule has 1 saturated carbocycles. The molecule has 2 aliphatic rings. The van der Waals surface area contributed by atoms with Gasteiger partial charge in [-0.1, -0.05) is 26.2 Å². The number of hydrogen-bond acceptors (Lipinski definition) is 5. The van der Waals surface area contributed by atoms with E-state index in [4.69, 9.17) is 0 Å². The van der Waals surface area contributed by atoms with E-state index in [0.717, 1.165) is 25.1 Å². The second kappa shape index (κ2) is 8.08. The molecule has 146 valence electrons. The lowest BCUT2D eigenvalue weighted by Gasteiger charge is -2.32. The van der Waals surface area contributed by atoms with Gasteiger partial charge in [0.25, 0.3) is 0 Å². The zero-order valence-electron chi connectivity index (χ0n) is 15.8. The maximum Gasteiger partial charge on any atom is 0.239 e. The van der Waals surface area contributed by atoms with E-state index in [2.05, 4.69) is 22.2 Å². The molecule has 1 aliphatic heterocycles. The fourth-order valence-corrected chi connectivity index (χ4v) is 5.86. The highest BCUT2D eigenvalue weighted by atomic mass is 32.2. The number of carbonyl (C=O) groups is 1. The summed E-state index contributed by atoms with van der Waals surface area (Å²) in [6.07, 6.45) is 6.66. The van der Waals surface area contributed by atoms with Gasteiger partial charge in [-0.05, 0) is 32.7 Å². The van der Waals surface area contributed by atoms with E-state index in [0.29, 0.717) is 24.8 Å². The first-order chi connectivity index (χ1) is 12.4. The third kappa shape index (κ3) is 4.65. The lowest BCUT2D eigenvalue weighted by molar-refractivity contribution is -0.118. The number of anilines is 1. The fourth-order valence-electron chi connectivity index (χ4n) is 4.17. The average molecular weight is 383 g/mol. The van der Waals surface area contributed by atoms with Gasteiger partial charge in [-0.2, -0.15) is 5.10 Å². The first-order valence-electron chi connectivity index (χ1n) is 9.68. The molecule has 8 heteroatoms. The quantitative estimate of drug-likeness (QED) is 0.815. The Morgan fingerprint density at radius 1 is 1.31 bits per heavy atom. The van der Waals surface area contributed by atoms with Gasteiger partial charge < -0.3 is 5.32 Å². The van der Waals surface area contributed by atoms with Gasteiger partial charge in [0.05, 0.1) is 29.8 Å². The van der Waals surface area contributed by atoms with Crippen LogP contribution in [0.3, 0.4) is 0 Å². The Balaban J connectivity index is 1.65. The molecule has 0 spiro atoms. The van der Waals surface area contributed by atoms with E-state index in [1.54, 1.807) is 4.68 Å². The maximum absolute atomic E-state index is 12.6. The van der Waals surface area contributed by atoms with Gasteiger partial charge >= 0.3 is 0 Å². The standard InChI is InChI=1S/C18H30N4O3S/c1-3-21(15-7-5-4-6-8-15)12-18(23)19-17-11-14(2)20-22(17)16-9-10-26(24,25)13-16/h11,15-16H,3-10,12-13H2,1-2H3,(H,19,23). The van der Waals surface area contributed by atoms with Crippen molar-refractivity contribution in [3.8, 4) is 0 Å². The smallest absolute Gasteiger partial charge is 0.239 e. The van der Waals surface area contributed by atoms with Crippen LogP contribution < -0.4 is 5.32 Å². The van der Waals surface area contributed by atoms with E-state index < -0.39 is 9.84 Å². The lowest BCUT2D eigenvalue weighted by Crippen LogP contribution is -2.42. The molecule has 2 heterocycles. The lowest BCUT2D eigenvalue weighted by atomic mass is 9.94. The van der Waals surface area contributed by atoms with Gasteiger partial charge in [0.15, 0.2) is 9.84 Å². The Kier molecular flexibility index (Phi) is 6.02.